The van der Waals surface area contributed by atoms with Gasteiger partial charge in [-0.05, 0) is 48.4 Å². The molecule has 2 heterocycles. The van der Waals surface area contributed by atoms with Crippen molar-refractivity contribution in [3.63, 3.8) is 0 Å². The number of Topliss-reactive ketones (excluding diaryl/α,β-unsaturated/α-hetero) is 1. The van der Waals surface area contributed by atoms with E-state index < -0.39 is 17.7 Å². The quantitative estimate of drug-likeness (QED) is 0.183. The number of imidazole rings is 1. The predicted octanol–water partition coefficient (Wildman–Crippen LogP) is 5.27. The summed E-state index contributed by atoms with van der Waals surface area (Å²) in [5, 5.41) is 11.8. The van der Waals surface area contributed by atoms with Crippen molar-refractivity contribution in [2.45, 2.75) is 19.0 Å². The number of ether oxygens (including phenoxy) is 1. The number of likely N-dealkylation sites (tertiary alicyclic amines) is 1. The molecule has 0 spiro atoms. The number of aliphatic hydroxyl groups is 1. The highest BCUT2D eigenvalue weighted by molar-refractivity contribution is 6.46. The third-order valence-electron chi connectivity index (χ3n) is 5.67. The molecular formula is C26H23Cl2N3O4. The fourth-order valence-electron chi connectivity index (χ4n) is 4.00. The van der Waals surface area contributed by atoms with Gasteiger partial charge in [0.05, 0.1) is 28.0 Å². The third-order valence-corrected chi connectivity index (χ3v) is 6.41. The largest absolute Gasteiger partial charge is 0.507 e. The molecule has 1 aliphatic rings. The monoisotopic (exact) mass is 511 g/mol. The van der Waals surface area contributed by atoms with E-state index in [0.29, 0.717) is 48.0 Å². The first-order chi connectivity index (χ1) is 16.9. The molecule has 35 heavy (non-hydrogen) atoms. The van der Waals surface area contributed by atoms with Crippen molar-refractivity contribution in [1.29, 1.82) is 0 Å². The maximum absolute atomic E-state index is 13.1. The summed E-state index contributed by atoms with van der Waals surface area (Å²) in [6, 6.07) is 10.7. The van der Waals surface area contributed by atoms with Crippen LogP contribution in [0.25, 0.3) is 5.76 Å². The minimum atomic E-state index is -0.816. The van der Waals surface area contributed by atoms with Crippen LogP contribution in [-0.4, -0.2) is 44.4 Å². The number of rotatable bonds is 9. The highest BCUT2D eigenvalue weighted by atomic mass is 35.5. The van der Waals surface area contributed by atoms with Crippen molar-refractivity contribution in [2.75, 3.05) is 13.2 Å². The van der Waals surface area contributed by atoms with E-state index in [1.54, 1.807) is 61.1 Å². The molecule has 1 amide bonds. The number of ketones is 1. The van der Waals surface area contributed by atoms with Gasteiger partial charge in [-0.2, -0.15) is 0 Å². The molecule has 9 heteroatoms. The van der Waals surface area contributed by atoms with Gasteiger partial charge in [-0.25, -0.2) is 4.98 Å². The molecule has 1 saturated heterocycles. The van der Waals surface area contributed by atoms with E-state index in [1.165, 1.54) is 4.90 Å². The first-order valence-electron chi connectivity index (χ1n) is 10.9. The number of amides is 1. The number of aromatic nitrogens is 2. The van der Waals surface area contributed by atoms with Gasteiger partial charge < -0.3 is 19.3 Å². The summed E-state index contributed by atoms with van der Waals surface area (Å²) in [6.45, 7) is 4.86. The normalized spacial score (nSPS) is 17.1. The van der Waals surface area contributed by atoms with E-state index >= 15 is 0 Å². The van der Waals surface area contributed by atoms with Gasteiger partial charge in [0.25, 0.3) is 11.7 Å². The number of carbonyl (C=O) groups is 2. The molecule has 0 saturated carbocycles. The summed E-state index contributed by atoms with van der Waals surface area (Å²) in [5.41, 5.74) is 0.960. The molecule has 1 fully saturated rings. The van der Waals surface area contributed by atoms with E-state index in [1.807, 2.05) is 10.8 Å². The number of carbonyl (C=O) groups excluding carboxylic acids is 2. The molecule has 1 unspecified atom stereocenters. The fraction of sp³-hybridized carbons (Fsp3) is 0.192. The zero-order chi connectivity index (χ0) is 24.9. The SMILES string of the molecule is C=CCOc1ccc(C(O)=C2C(=O)C(=O)N(CCCn3ccnc3)C2c2ccc(Cl)c(Cl)c2)cc1. The van der Waals surface area contributed by atoms with Crippen LogP contribution in [0.4, 0.5) is 0 Å². The third kappa shape index (κ3) is 5.26. The van der Waals surface area contributed by atoms with Crippen molar-refractivity contribution in [3.8, 4) is 5.75 Å². The molecule has 0 aliphatic carbocycles. The Labute approximate surface area is 212 Å². The highest BCUT2D eigenvalue weighted by Gasteiger charge is 2.45. The lowest BCUT2D eigenvalue weighted by Gasteiger charge is -2.25. The Bertz CT molecular complexity index is 1270. The molecule has 1 aliphatic heterocycles. The Balaban J connectivity index is 1.71. The lowest BCUT2D eigenvalue weighted by molar-refractivity contribution is -0.139. The average Bonchev–Trinajstić information content (AvgIpc) is 3.47. The van der Waals surface area contributed by atoms with Crippen molar-refractivity contribution in [1.82, 2.24) is 14.5 Å². The number of hydrogen-bond acceptors (Lipinski definition) is 5. The minimum absolute atomic E-state index is 0.00391. The number of benzene rings is 2. The van der Waals surface area contributed by atoms with Gasteiger partial charge in [-0.1, -0.05) is 41.9 Å². The van der Waals surface area contributed by atoms with Crippen LogP contribution in [-0.2, 0) is 16.1 Å². The van der Waals surface area contributed by atoms with Crippen LogP contribution in [0.2, 0.25) is 10.0 Å². The van der Waals surface area contributed by atoms with Crippen LogP contribution < -0.4 is 4.74 Å². The molecule has 0 bridgehead atoms. The second kappa shape index (κ2) is 10.8. The van der Waals surface area contributed by atoms with Crippen LogP contribution in [0.5, 0.6) is 5.75 Å². The Kier molecular flexibility index (Phi) is 7.58. The van der Waals surface area contributed by atoms with Gasteiger partial charge >= 0.3 is 0 Å². The van der Waals surface area contributed by atoms with Gasteiger partial charge in [0, 0.05) is 31.0 Å². The Morgan fingerprint density at radius 1 is 1.11 bits per heavy atom. The van der Waals surface area contributed by atoms with Crippen LogP contribution in [0.3, 0.4) is 0 Å². The number of aryl methyl sites for hydroxylation is 1. The molecule has 1 N–H and O–H groups in total. The van der Waals surface area contributed by atoms with Crippen molar-refractivity contribution >= 4 is 40.7 Å². The standard InChI is InChI=1S/C26H23Cl2N3O4/c1-2-14-35-19-7-4-17(5-8-19)24(32)22-23(18-6-9-20(27)21(28)15-18)31(26(34)25(22)33)12-3-11-30-13-10-29-16-30/h2,4-10,13,15-16,23,32H,1,3,11-12,14H2. The van der Waals surface area contributed by atoms with E-state index in [2.05, 4.69) is 11.6 Å². The van der Waals surface area contributed by atoms with E-state index in [4.69, 9.17) is 27.9 Å². The Morgan fingerprint density at radius 3 is 2.54 bits per heavy atom. The molecule has 0 radical (unpaired) electrons. The first-order valence-corrected chi connectivity index (χ1v) is 11.7. The smallest absolute Gasteiger partial charge is 0.295 e. The topological polar surface area (TPSA) is 84.7 Å². The maximum atomic E-state index is 13.1. The summed E-state index contributed by atoms with van der Waals surface area (Å²) in [6.07, 6.45) is 7.39. The first kappa shape index (κ1) is 24.6. The van der Waals surface area contributed by atoms with E-state index in [0.717, 1.165) is 0 Å². The van der Waals surface area contributed by atoms with Gasteiger partial charge in [-0.3, -0.25) is 9.59 Å². The number of hydrogen-bond donors (Lipinski definition) is 1. The average molecular weight is 512 g/mol. The van der Waals surface area contributed by atoms with Crippen LogP contribution >= 0.6 is 23.2 Å². The van der Waals surface area contributed by atoms with Crippen LogP contribution in [0.15, 0.2) is 79.4 Å². The van der Waals surface area contributed by atoms with Gasteiger partial charge in [0.2, 0.25) is 0 Å². The Hall–Kier alpha value is -3.55. The summed E-state index contributed by atoms with van der Waals surface area (Å²) in [4.78, 5) is 31.7. The zero-order valence-electron chi connectivity index (χ0n) is 18.7. The molecule has 2 aromatic carbocycles. The number of halogens is 2. The van der Waals surface area contributed by atoms with Crippen molar-refractivity contribution in [2.24, 2.45) is 0 Å². The molecule has 1 aromatic heterocycles. The van der Waals surface area contributed by atoms with Crippen molar-refractivity contribution in [3.05, 3.63) is 101 Å². The second-order valence-electron chi connectivity index (χ2n) is 7.94. The predicted molar refractivity (Wildman–Crippen MR) is 134 cm³/mol. The van der Waals surface area contributed by atoms with E-state index in [9.17, 15) is 14.7 Å². The second-order valence-corrected chi connectivity index (χ2v) is 8.76. The zero-order valence-corrected chi connectivity index (χ0v) is 20.2. The molecule has 7 nitrogen and oxygen atoms in total. The lowest BCUT2D eigenvalue weighted by atomic mass is 9.95. The molecule has 3 aromatic rings. The summed E-state index contributed by atoms with van der Waals surface area (Å²) < 4.78 is 7.37. The fourth-order valence-corrected chi connectivity index (χ4v) is 4.31. The number of aliphatic hydroxyl groups excluding tert-OH is 1. The van der Waals surface area contributed by atoms with Gasteiger partial charge in [0.15, 0.2) is 0 Å². The van der Waals surface area contributed by atoms with Crippen LogP contribution in [0.1, 0.15) is 23.6 Å². The lowest BCUT2D eigenvalue weighted by Crippen LogP contribution is -2.31. The van der Waals surface area contributed by atoms with E-state index in [-0.39, 0.29) is 16.4 Å². The van der Waals surface area contributed by atoms with Gasteiger partial charge in [-0.15, -0.1) is 0 Å². The highest BCUT2D eigenvalue weighted by Crippen LogP contribution is 2.41. The van der Waals surface area contributed by atoms with Gasteiger partial charge in [0.1, 0.15) is 18.1 Å². The van der Waals surface area contributed by atoms with Crippen molar-refractivity contribution < 1.29 is 19.4 Å². The molecule has 180 valence electrons. The molecule has 1 atom stereocenters. The summed E-state index contributed by atoms with van der Waals surface area (Å²) in [5.74, 6) is -1.12. The summed E-state index contributed by atoms with van der Waals surface area (Å²) >= 11 is 12.4. The molecule has 4 rings (SSSR count). The maximum Gasteiger partial charge on any atom is 0.295 e. The molecular weight excluding hydrogens is 489 g/mol. The Morgan fingerprint density at radius 2 is 1.89 bits per heavy atom. The number of nitrogens with zero attached hydrogens (tertiary/aromatic N) is 3. The minimum Gasteiger partial charge on any atom is -0.507 e. The van der Waals surface area contributed by atoms with Crippen LogP contribution in [0, 0.1) is 0 Å². The summed E-state index contributed by atoms with van der Waals surface area (Å²) in [7, 11) is 0.